The summed E-state index contributed by atoms with van der Waals surface area (Å²) in [5.41, 5.74) is 2.33. The van der Waals surface area contributed by atoms with Crippen molar-refractivity contribution in [2.24, 2.45) is 7.05 Å². The highest BCUT2D eigenvalue weighted by atomic mass is 35.5. The van der Waals surface area contributed by atoms with Gasteiger partial charge in [-0.3, -0.25) is 9.48 Å². The molecule has 0 radical (unpaired) electrons. The molecule has 3 rings (SSSR count). The van der Waals surface area contributed by atoms with Crippen molar-refractivity contribution in [3.8, 4) is 0 Å². The molecule has 5 nitrogen and oxygen atoms in total. The number of halogens is 1. The highest BCUT2D eigenvalue weighted by molar-refractivity contribution is 5.85. The molecule has 1 heterocycles. The molecule has 1 unspecified atom stereocenters. The Labute approximate surface area is 142 Å². The summed E-state index contributed by atoms with van der Waals surface area (Å²) in [5.74, 6) is -0.00212. The largest absolute Gasteiger partial charge is 0.354 e. The van der Waals surface area contributed by atoms with E-state index in [4.69, 9.17) is 0 Å². The van der Waals surface area contributed by atoms with Crippen molar-refractivity contribution in [2.45, 2.75) is 24.3 Å². The molecule has 1 aromatic heterocycles. The third kappa shape index (κ3) is 3.74. The number of hydrogen-bond acceptors (Lipinski definition) is 3. The summed E-state index contributed by atoms with van der Waals surface area (Å²) >= 11 is 0. The molecule has 1 fully saturated rings. The Kier molecular flexibility index (Phi) is 5.44. The maximum Gasteiger partial charge on any atom is 0.241 e. The lowest BCUT2D eigenvalue weighted by molar-refractivity contribution is -0.123. The number of aromatic nitrogens is 2. The van der Waals surface area contributed by atoms with Crippen molar-refractivity contribution >= 4 is 18.3 Å². The van der Waals surface area contributed by atoms with Crippen LogP contribution in [0.4, 0.5) is 0 Å². The highest BCUT2D eigenvalue weighted by Gasteiger charge is 2.44. The Morgan fingerprint density at radius 2 is 2.04 bits per heavy atom. The van der Waals surface area contributed by atoms with Gasteiger partial charge in [-0.25, -0.2) is 0 Å². The third-order valence-corrected chi connectivity index (χ3v) is 4.45. The van der Waals surface area contributed by atoms with E-state index in [-0.39, 0.29) is 29.8 Å². The zero-order chi connectivity index (χ0) is 15.6. The molecule has 1 atom stereocenters. The number of amides is 1. The summed E-state index contributed by atoms with van der Waals surface area (Å²) in [4.78, 5) is 12.5. The minimum Gasteiger partial charge on any atom is -0.354 e. The van der Waals surface area contributed by atoms with E-state index in [1.807, 2.05) is 19.3 Å². The Morgan fingerprint density at radius 3 is 2.57 bits per heavy atom. The Bertz CT molecular complexity index is 652. The summed E-state index contributed by atoms with van der Waals surface area (Å²) < 4.78 is 1.71. The fourth-order valence-electron chi connectivity index (χ4n) is 2.91. The van der Waals surface area contributed by atoms with E-state index in [2.05, 4.69) is 40.0 Å². The van der Waals surface area contributed by atoms with Crippen molar-refractivity contribution in [1.29, 1.82) is 0 Å². The van der Waals surface area contributed by atoms with E-state index in [1.165, 1.54) is 5.56 Å². The Morgan fingerprint density at radius 1 is 1.35 bits per heavy atom. The first-order chi connectivity index (χ1) is 10.6. The first kappa shape index (κ1) is 17.5. The van der Waals surface area contributed by atoms with E-state index in [0.717, 1.165) is 18.4 Å². The van der Waals surface area contributed by atoms with Crippen molar-refractivity contribution in [1.82, 2.24) is 20.4 Å². The second-order valence-corrected chi connectivity index (χ2v) is 6.03. The number of nitrogens with zero attached hydrogens (tertiary/aromatic N) is 2. The van der Waals surface area contributed by atoms with Crippen LogP contribution in [0, 0.1) is 0 Å². The van der Waals surface area contributed by atoms with Crippen LogP contribution in [0.25, 0.3) is 0 Å². The third-order valence-electron chi connectivity index (χ3n) is 4.45. The van der Waals surface area contributed by atoms with Gasteiger partial charge in [0.1, 0.15) is 6.04 Å². The standard InChI is InChI=1S/C17H22N4O.ClH/c1-18-15(13-10-20-21(2)11-13)16(22)19-12-17(8-9-17)14-6-4-3-5-7-14;/h3-7,10-11,15,18H,8-9,12H2,1-2H3,(H,19,22);1H. The predicted octanol–water partition coefficient (Wildman–Crippen LogP) is 1.95. The first-order valence-electron chi connectivity index (χ1n) is 7.64. The zero-order valence-electron chi connectivity index (χ0n) is 13.5. The maximum atomic E-state index is 12.5. The quantitative estimate of drug-likeness (QED) is 0.849. The molecule has 1 aliphatic rings. The number of aryl methyl sites for hydroxylation is 1. The SMILES string of the molecule is CNC(C(=O)NCC1(c2ccccc2)CC1)c1cnn(C)c1.Cl. The summed E-state index contributed by atoms with van der Waals surface area (Å²) in [5, 5.41) is 10.3. The number of nitrogens with one attached hydrogen (secondary N) is 2. The molecule has 1 aromatic carbocycles. The van der Waals surface area contributed by atoms with Gasteiger partial charge in [0.05, 0.1) is 6.20 Å². The normalized spacial score (nSPS) is 16.3. The smallest absolute Gasteiger partial charge is 0.241 e. The molecule has 2 N–H and O–H groups in total. The van der Waals surface area contributed by atoms with Gasteiger partial charge >= 0.3 is 0 Å². The molecule has 1 aliphatic carbocycles. The summed E-state index contributed by atoms with van der Waals surface area (Å²) in [6.45, 7) is 0.689. The number of rotatable bonds is 6. The molecule has 2 aromatic rings. The van der Waals surface area contributed by atoms with E-state index >= 15 is 0 Å². The summed E-state index contributed by atoms with van der Waals surface area (Å²) in [6, 6.07) is 10.1. The first-order valence-corrected chi connectivity index (χ1v) is 7.64. The maximum absolute atomic E-state index is 12.5. The summed E-state index contributed by atoms with van der Waals surface area (Å²) in [7, 11) is 3.64. The fourth-order valence-corrected chi connectivity index (χ4v) is 2.91. The van der Waals surface area contributed by atoms with Crippen LogP contribution >= 0.6 is 12.4 Å². The molecule has 23 heavy (non-hydrogen) atoms. The highest BCUT2D eigenvalue weighted by Crippen LogP contribution is 2.47. The fraction of sp³-hybridized carbons (Fsp3) is 0.412. The Balaban J connectivity index is 0.00000192. The zero-order valence-corrected chi connectivity index (χ0v) is 14.3. The van der Waals surface area contributed by atoms with Gasteiger partial charge in [0.25, 0.3) is 0 Å². The van der Waals surface area contributed by atoms with Crippen molar-refractivity contribution in [3.63, 3.8) is 0 Å². The molecular formula is C17H23ClN4O. The second-order valence-electron chi connectivity index (χ2n) is 6.03. The molecule has 124 valence electrons. The molecular weight excluding hydrogens is 312 g/mol. The van der Waals surface area contributed by atoms with E-state index in [0.29, 0.717) is 6.54 Å². The van der Waals surface area contributed by atoms with Crippen molar-refractivity contribution in [2.75, 3.05) is 13.6 Å². The van der Waals surface area contributed by atoms with Crippen LogP contribution in [-0.2, 0) is 17.3 Å². The lowest BCUT2D eigenvalue weighted by Gasteiger charge is -2.19. The van der Waals surface area contributed by atoms with E-state index in [1.54, 1.807) is 17.9 Å². The van der Waals surface area contributed by atoms with Gasteiger partial charge in [0.2, 0.25) is 5.91 Å². The molecule has 1 amide bonds. The minimum atomic E-state index is -0.361. The van der Waals surface area contributed by atoms with Gasteiger partial charge in [-0.1, -0.05) is 30.3 Å². The molecule has 0 aliphatic heterocycles. The second kappa shape index (κ2) is 7.15. The van der Waals surface area contributed by atoms with Gasteiger partial charge in [0, 0.05) is 30.8 Å². The molecule has 0 bridgehead atoms. The van der Waals surface area contributed by atoms with Crippen LogP contribution in [-0.4, -0.2) is 29.3 Å². The number of carbonyl (C=O) groups is 1. The minimum absolute atomic E-state index is 0. The van der Waals surface area contributed by atoms with Crippen LogP contribution in [0.2, 0.25) is 0 Å². The number of hydrogen-bond donors (Lipinski definition) is 2. The average Bonchev–Trinajstić information content (AvgIpc) is 3.23. The monoisotopic (exact) mass is 334 g/mol. The van der Waals surface area contributed by atoms with Crippen LogP contribution in [0.5, 0.6) is 0 Å². The lowest BCUT2D eigenvalue weighted by Crippen LogP contribution is -2.39. The van der Waals surface area contributed by atoms with Crippen LogP contribution in [0.1, 0.15) is 30.0 Å². The average molecular weight is 335 g/mol. The molecule has 0 saturated heterocycles. The topological polar surface area (TPSA) is 59.0 Å². The van der Waals surface area contributed by atoms with Crippen LogP contribution < -0.4 is 10.6 Å². The molecule has 0 spiro atoms. The molecule has 6 heteroatoms. The van der Waals surface area contributed by atoms with Gasteiger partial charge in [-0.15, -0.1) is 12.4 Å². The number of carbonyl (C=O) groups excluding carboxylic acids is 1. The Hall–Kier alpha value is -1.85. The predicted molar refractivity (Wildman–Crippen MR) is 92.6 cm³/mol. The van der Waals surface area contributed by atoms with Gasteiger partial charge in [0.15, 0.2) is 0 Å². The number of benzene rings is 1. The summed E-state index contributed by atoms with van der Waals surface area (Å²) in [6.07, 6.45) is 5.86. The van der Waals surface area contributed by atoms with Crippen LogP contribution in [0.3, 0.4) is 0 Å². The van der Waals surface area contributed by atoms with Gasteiger partial charge in [-0.2, -0.15) is 5.10 Å². The van der Waals surface area contributed by atoms with Gasteiger partial charge in [-0.05, 0) is 25.5 Å². The van der Waals surface area contributed by atoms with Crippen LogP contribution in [0.15, 0.2) is 42.7 Å². The van der Waals surface area contributed by atoms with E-state index in [9.17, 15) is 4.79 Å². The van der Waals surface area contributed by atoms with Crippen molar-refractivity contribution < 1.29 is 4.79 Å². The lowest BCUT2D eigenvalue weighted by atomic mass is 9.96. The number of likely N-dealkylation sites (N-methyl/N-ethyl adjacent to an activating group) is 1. The molecule has 1 saturated carbocycles. The van der Waals surface area contributed by atoms with Crippen molar-refractivity contribution in [3.05, 3.63) is 53.9 Å². The van der Waals surface area contributed by atoms with Gasteiger partial charge < -0.3 is 10.6 Å². The van der Waals surface area contributed by atoms with E-state index < -0.39 is 0 Å².